The van der Waals surface area contributed by atoms with Gasteiger partial charge in [0, 0.05) is 6.54 Å². The van der Waals surface area contributed by atoms with Crippen molar-refractivity contribution >= 4 is 6.21 Å². The van der Waals surface area contributed by atoms with Crippen LogP contribution in [-0.2, 0) is 0 Å². The summed E-state index contributed by atoms with van der Waals surface area (Å²) in [6.07, 6.45) is 10.5. The Morgan fingerprint density at radius 3 is 3.38 bits per heavy atom. The summed E-state index contributed by atoms with van der Waals surface area (Å²) in [4.78, 5) is 3.99. The first-order valence-electron chi connectivity index (χ1n) is 3.07. The van der Waals surface area contributed by atoms with Gasteiger partial charge in [0.2, 0.25) is 0 Å². The van der Waals surface area contributed by atoms with Crippen molar-refractivity contribution in [3.8, 4) is 0 Å². The Balaban J connectivity index is 2.33. The fourth-order valence-electron chi connectivity index (χ4n) is 0.706. The van der Waals surface area contributed by atoms with E-state index in [0.717, 1.165) is 6.54 Å². The van der Waals surface area contributed by atoms with E-state index >= 15 is 0 Å². The minimum absolute atomic E-state index is 0.963. The number of nitrogens with zero attached hydrogens (tertiary/aromatic N) is 1. The summed E-state index contributed by atoms with van der Waals surface area (Å²) in [6.45, 7) is 0.963. The van der Waals surface area contributed by atoms with Crippen molar-refractivity contribution in [3.63, 3.8) is 0 Å². The number of aliphatic imine (C=N–C) groups is 1. The van der Waals surface area contributed by atoms with Gasteiger partial charge in [0.15, 0.2) is 0 Å². The maximum Gasteiger partial charge on any atom is 0.0823 e. The summed E-state index contributed by atoms with van der Waals surface area (Å²) in [5, 5.41) is 0. The SMILES string of the molecule is [C]1=N\CCCC\C=C/1. The fraction of sp³-hybridized carbons (Fsp3) is 0.571. The first kappa shape index (κ1) is 5.54. The monoisotopic (exact) mass is 108 g/mol. The normalized spacial score (nSPS) is 28.0. The minimum Gasteiger partial charge on any atom is -0.283 e. The maximum absolute atomic E-state index is 3.99. The zero-order valence-electron chi connectivity index (χ0n) is 4.93. The molecule has 0 fully saturated rings. The molecular formula is C7H10N. The van der Waals surface area contributed by atoms with Gasteiger partial charge in [-0.3, -0.25) is 4.99 Å². The average Bonchev–Trinajstić information content (AvgIpc) is 1.62. The summed E-state index contributed by atoms with van der Waals surface area (Å²) >= 11 is 0. The zero-order valence-corrected chi connectivity index (χ0v) is 4.93. The molecule has 0 unspecified atom stereocenters. The Bertz CT molecular complexity index is 89.0. The predicted octanol–water partition coefficient (Wildman–Crippen LogP) is 1.67. The third-order valence-electron chi connectivity index (χ3n) is 1.17. The van der Waals surface area contributed by atoms with Crippen LogP contribution < -0.4 is 0 Å². The molecule has 0 aromatic heterocycles. The molecule has 0 bridgehead atoms. The Kier molecular flexibility index (Phi) is 2.37. The van der Waals surface area contributed by atoms with E-state index in [1.807, 2.05) is 6.08 Å². The molecule has 0 saturated carbocycles. The molecule has 8 heavy (non-hydrogen) atoms. The summed E-state index contributed by atoms with van der Waals surface area (Å²) in [5.74, 6) is 0. The van der Waals surface area contributed by atoms with Crippen LogP contribution in [0.15, 0.2) is 17.1 Å². The Labute approximate surface area is 50.1 Å². The lowest BCUT2D eigenvalue weighted by molar-refractivity contribution is 0.757. The van der Waals surface area contributed by atoms with E-state index in [4.69, 9.17) is 0 Å². The molecule has 1 heteroatoms. The Hall–Kier alpha value is -0.590. The molecule has 1 heterocycles. The third-order valence-corrected chi connectivity index (χ3v) is 1.17. The zero-order chi connectivity index (χ0) is 5.66. The molecule has 0 N–H and O–H groups in total. The molecule has 0 amide bonds. The van der Waals surface area contributed by atoms with Crippen LogP contribution in [0.3, 0.4) is 0 Å². The van der Waals surface area contributed by atoms with Crippen LogP contribution in [0.4, 0.5) is 0 Å². The van der Waals surface area contributed by atoms with Crippen molar-refractivity contribution in [2.75, 3.05) is 6.54 Å². The van der Waals surface area contributed by atoms with E-state index < -0.39 is 0 Å². The van der Waals surface area contributed by atoms with E-state index in [0.29, 0.717) is 0 Å². The number of allylic oxidation sites excluding steroid dienone is 2. The van der Waals surface area contributed by atoms with Crippen LogP contribution in [0.1, 0.15) is 19.3 Å². The molecule has 0 saturated heterocycles. The smallest absolute Gasteiger partial charge is 0.0823 e. The molecule has 0 aromatic rings. The van der Waals surface area contributed by atoms with E-state index in [2.05, 4.69) is 17.3 Å². The van der Waals surface area contributed by atoms with Crippen molar-refractivity contribution < 1.29 is 0 Å². The summed E-state index contributed by atoms with van der Waals surface area (Å²) in [5.41, 5.74) is 0. The van der Waals surface area contributed by atoms with Crippen LogP contribution in [0.25, 0.3) is 0 Å². The first-order chi connectivity index (χ1) is 4.00. The molecule has 1 rings (SSSR count). The van der Waals surface area contributed by atoms with Crippen molar-refractivity contribution in [3.05, 3.63) is 12.2 Å². The van der Waals surface area contributed by atoms with Crippen molar-refractivity contribution in [1.29, 1.82) is 0 Å². The van der Waals surface area contributed by atoms with Crippen LogP contribution in [-0.4, -0.2) is 12.8 Å². The standard InChI is InChI=1S/C7H10N/c1-2-4-6-8-7-5-3-1/h2,4H,1,3,5,7H2/b4-2-,8-6?. The van der Waals surface area contributed by atoms with Gasteiger partial charge in [-0.05, 0) is 25.3 Å². The average molecular weight is 108 g/mol. The van der Waals surface area contributed by atoms with Gasteiger partial charge in [0.05, 0.1) is 6.21 Å². The van der Waals surface area contributed by atoms with E-state index in [9.17, 15) is 0 Å². The summed E-state index contributed by atoms with van der Waals surface area (Å²) in [7, 11) is 0. The molecule has 1 radical (unpaired) electrons. The Morgan fingerprint density at radius 2 is 2.38 bits per heavy atom. The number of rotatable bonds is 0. The van der Waals surface area contributed by atoms with Gasteiger partial charge in [-0.1, -0.05) is 6.08 Å². The van der Waals surface area contributed by atoms with E-state index in [1.54, 1.807) is 0 Å². The molecular weight excluding hydrogens is 98.1 g/mol. The topological polar surface area (TPSA) is 12.4 Å². The summed E-state index contributed by atoms with van der Waals surface area (Å²) < 4.78 is 0. The van der Waals surface area contributed by atoms with Gasteiger partial charge in [-0.2, -0.15) is 0 Å². The largest absolute Gasteiger partial charge is 0.283 e. The molecule has 1 nitrogen and oxygen atoms in total. The van der Waals surface area contributed by atoms with Crippen LogP contribution in [0.5, 0.6) is 0 Å². The molecule has 1 aliphatic heterocycles. The molecule has 0 spiro atoms. The van der Waals surface area contributed by atoms with Crippen molar-refractivity contribution in [2.24, 2.45) is 4.99 Å². The second-order valence-electron chi connectivity index (χ2n) is 1.91. The molecule has 0 aliphatic carbocycles. The van der Waals surface area contributed by atoms with Crippen LogP contribution in [0.2, 0.25) is 0 Å². The number of hydrogen-bond acceptors (Lipinski definition) is 1. The molecule has 43 valence electrons. The first-order valence-corrected chi connectivity index (χ1v) is 3.07. The lowest BCUT2D eigenvalue weighted by Crippen LogP contribution is -1.83. The second kappa shape index (κ2) is 3.42. The lowest BCUT2D eigenvalue weighted by Gasteiger charge is -1.93. The number of hydrogen-bond donors (Lipinski definition) is 0. The van der Waals surface area contributed by atoms with E-state index in [-0.39, 0.29) is 0 Å². The second-order valence-corrected chi connectivity index (χ2v) is 1.91. The van der Waals surface area contributed by atoms with Gasteiger partial charge in [-0.15, -0.1) is 0 Å². The van der Waals surface area contributed by atoms with Crippen molar-refractivity contribution in [1.82, 2.24) is 0 Å². The van der Waals surface area contributed by atoms with Gasteiger partial charge in [-0.25, -0.2) is 0 Å². The minimum atomic E-state index is 0.963. The molecule has 0 aromatic carbocycles. The van der Waals surface area contributed by atoms with E-state index in [1.165, 1.54) is 19.3 Å². The van der Waals surface area contributed by atoms with Gasteiger partial charge < -0.3 is 0 Å². The highest BCUT2D eigenvalue weighted by Gasteiger charge is 1.85. The van der Waals surface area contributed by atoms with Gasteiger partial charge >= 0.3 is 0 Å². The molecule has 0 atom stereocenters. The predicted molar refractivity (Wildman–Crippen MR) is 35.3 cm³/mol. The van der Waals surface area contributed by atoms with Crippen LogP contribution in [0, 0.1) is 0 Å². The lowest BCUT2D eigenvalue weighted by atomic mass is 10.2. The van der Waals surface area contributed by atoms with Gasteiger partial charge in [0.1, 0.15) is 0 Å². The highest BCUT2D eigenvalue weighted by molar-refractivity contribution is 5.70. The maximum atomic E-state index is 3.99. The summed E-state index contributed by atoms with van der Waals surface area (Å²) in [6, 6.07) is 0. The third kappa shape index (κ3) is 1.92. The van der Waals surface area contributed by atoms with Crippen molar-refractivity contribution in [2.45, 2.75) is 19.3 Å². The molecule has 1 aliphatic rings. The highest BCUT2D eigenvalue weighted by atomic mass is 14.7. The fourth-order valence-corrected chi connectivity index (χ4v) is 0.706. The quantitative estimate of drug-likeness (QED) is 0.447. The van der Waals surface area contributed by atoms with Crippen LogP contribution >= 0.6 is 0 Å². The van der Waals surface area contributed by atoms with Gasteiger partial charge in [0.25, 0.3) is 0 Å². The Morgan fingerprint density at radius 1 is 1.38 bits per heavy atom. The highest BCUT2D eigenvalue weighted by Crippen LogP contribution is 1.98.